The molecule has 3 rings (SSSR count). The van der Waals surface area contributed by atoms with E-state index in [0.29, 0.717) is 17.0 Å². The number of carbonyl (C=O) groups is 1. The fourth-order valence-corrected chi connectivity index (χ4v) is 5.58. The highest BCUT2D eigenvalue weighted by atomic mass is 32.2. The number of primary sulfonamides is 1. The van der Waals surface area contributed by atoms with Crippen LogP contribution in [0.15, 0.2) is 9.59 Å². The van der Waals surface area contributed by atoms with Gasteiger partial charge in [0.15, 0.2) is 0 Å². The van der Waals surface area contributed by atoms with E-state index >= 15 is 0 Å². The fourth-order valence-electron chi connectivity index (χ4n) is 3.57. The maximum atomic E-state index is 12.3. The summed E-state index contributed by atoms with van der Waals surface area (Å²) in [4.78, 5) is 12.3. The Morgan fingerprint density at radius 1 is 1.40 bits per heavy atom. The average Bonchev–Trinajstić information content (AvgIpc) is 3.01. The zero-order valence-electron chi connectivity index (χ0n) is 11.3. The monoisotopic (exact) mass is 314 g/mol. The molecule has 2 fully saturated rings. The molecular formula is C13H18N2O3S2. The van der Waals surface area contributed by atoms with Crippen molar-refractivity contribution in [3.63, 3.8) is 0 Å². The van der Waals surface area contributed by atoms with Crippen molar-refractivity contribution in [3.8, 4) is 0 Å². The smallest absolute Gasteiger partial charge is 0.252 e. The van der Waals surface area contributed by atoms with Gasteiger partial charge in [-0.3, -0.25) is 4.79 Å². The van der Waals surface area contributed by atoms with Gasteiger partial charge >= 0.3 is 0 Å². The summed E-state index contributed by atoms with van der Waals surface area (Å²) in [5, 5.41) is 9.78. The Morgan fingerprint density at radius 3 is 2.65 bits per heavy atom. The number of carbonyl (C=O) groups excluding carboxylic acids is 1. The quantitative estimate of drug-likeness (QED) is 0.888. The van der Waals surface area contributed by atoms with Crippen molar-refractivity contribution in [2.24, 2.45) is 17.0 Å². The van der Waals surface area contributed by atoms with Gasteiger partial charge in [-0.2, -0.15) is 0 Å². The molecule has 3 unspecified atom stereocenters. The molecule has 2 aliphatic carbocycles. The molecule has 1 aromatic heterocycles. The van der Waals surface area contributed by atoms with Gasteiger partial charge in [0.2, 0.25) is 10.0 Å². The largest absolute Gasteiger partial charge is 0.349 e. The van der Waals surface area contributed by atoms with E-state index in [0.717, 1.165) is 23.7 Å². The summed E-state index contributed by atoms with van der Waals surface area (Å²) in [7, 11) is -3.74. The van der Waals surface area contributed by atoms with E-state index in [1.807, 2.05) is 0 Å². The molecule has 3 N–H and O–H groups in total. The van der Waals surface area contributed by atoms with Crippen molar-refractivity contribution in [2.75, 3.05) is 0 Å². The molecule has 0 aromatic carbocycles. The molecule has 1 heterocycles. The third kappa shape index (κ3) is 2.38. The van der Waals surface area contributed by atoms with Crippen LogP contribution >= 0.6 is 11.3 Å². The lowest BCUT2D eigenvalue weighted by Crippen LogP contribution is -2.38. The number of nitrogens with two attached hydrogens (primary N) is 1. The predicted octanol–water partition coefficient (Wildman–Crippen LogP) is 1.62. The molecule has 0 saturated heterocycles. The molecular weight excluding hydrogens is 296 g/mol. The maximum absolute atomic E-state index is 12.3. The van der Waals surface area contributed by atoms with Gasteiger partial charge in [0, 0.05) is 11.4 Å². The Kier molecular flexibility index (Phi) is 3.38. The lowest BCUT2D eigenvalue weighted by molar-refractivity contribution is 0.0922. The van der Waals surface area contributed by atoms with Crippen LogP contribution in [-0.4, -0.2) is 20.4 Å². The molecule has 3 atom stereocenters. The number of rotatable bonds is 3. The van der Waals surface area contributed by atoms with Gasteiger partial charge in [0.25, 0.3) is 5.91 Å². The van der Waals surface area contributed by atoms with Crippen LogP contribution in [0.3, 0.4) is 0 Å². The molecule has 0 aliphatic heterocycles. The first kappa shape index (κ1) is 14.0. The lowest BCUT2D eigenvalue weighted by Gasteiger charge is -2.22. The van der Waals surface area contributed by atoms with E-state index in [-0.39, 0.29) is 16.2 Å². The molecule has 20 heavy (non-hydrogen) atoms. The molecule has 2 bridgehead atoms. The van der Waals surface area contributed by atoms with Gasteiger partial charge < -0.3 is 5.32 Å². The van der Waals surface area contributed by atoms with Crippen LogP contribution in [0.25, 0.3) is 0 Å². The van der Waals surface area contributed by atoms with E-state index < -0.39 is 10.0 Å². The highest BCUT2D eigenvalue weighted by Gasteiger charge is 2.40. The second kappa shape index (κ2) is 4.82. The molecule has 110 valence electrons. The van der Waals surface area contributed by atoms with Crippen LogP contribution in [0.5, 0.6) is 0 Å². The molecule has 1 amide bonds. The molecule has 2 aliphatic rings. The van der Waals surface area contributed by atoms with Gasteiger partial charge in [-0.1, -0.05) is 6.42 Å². The summed E-state index contributed by atoms with van der Waals surface area (Å²) in [6.45, 7) is 1.63. The Bertz CT molecular complexity index is 651. The molecule has 5 nitrogen and oxygen atoms in total. The summed E-state index contributed by atoms with van der Waals surface area (Å²) in [5.41, 5.74) is 0.889. The van der Waals surface area contributed by atoms with Crippen LogP contribution in [-0.2, 0) is 10.0 Å². The van der Waals surface area contributed by atoms with E-state index in [9.17, 15) is 13.2 Å². The minimum atomic E-state index is -3.74. The van der Waals surface area contributed by atoms with Crippen molar-refractivity contribution in [1.82, 2.24) is 5.32 Å². The van der Waals surface area contributed by atoms with Gasteiger partial charge in [-0.15, -0.1) is 11.3 Å². The number of hydrogen-bond acceptors (Lipinski definition) is 4. The highest BCUT2D eigenvalue weighted by molar-refractivity contribution is 7.91. The first-order chi connectivity index (χ1) is 9.36. The van der Waals surface area contributed by atoms with Crippen LogP contribution in [0.4, 0.5) is 0 Å². The third-order valence-corrected chi connectivity index (χ3v) is 7.23. The Labute approximate surface area is 122 Å². The summed E-state index contributed by atoms with van der Waals surface area (Å²) in [6.07, 6.45) is 4.75. The Morgan fingerprint density at radius 2 is 2.15 bits per heavy atom. The van der Waals surface area contributed by atoms with Gasteiger partial charge in [0.1, 0.15) is 4.21 Å². The molecule has 2 saturated carbocycles. The van der Waals surface area contributed by atoms with Crippen LogP contribution < -0.4 is 10.5 Å². The van der Waals surface area contributed by atoms with Gasteiger partial charge in [-0.05, 0) is 43.6 Å². The maximum Gasteiger partial charge on any atom is 0.252 e. The van der Waals surface area contributed by atoms with Crippen molar-refractivity contribution >= 4 is 27.3 Å². The van der Waals surface area contributed by atoms with E-state index in [2.05, 4.69) is 5.32 Å². The average molecular weight is 314 g/mol. The minimum absolute atomic E-state index is 0.0793. The lowest BCUT2D eigenvalue weighted by atomic mass is 9.95. The molecule has 0 radical (unpaired) electrons. The number of fused-ring (bicyclic) bond motifs is 2. The van der Waals surface area contributed by atoms with Crippen molar-refractivity contribution in [1.29, 1.82) is 0 Å². The van der Waals surface area contributed by atoms with Crippen LogP contribution in [0.2, 0.25) is 0 Å². The third-order valence-electron chi connectivity index (χ3n) is 4.55. The van der Waals surface area contributed by atoms with E-state index in [1.165, 1.54) is 19.3 Å². The van der Waals surface area contributed by atoms with Gasteiger partial charge in [-0.25, -0.2) is 13.6 Å². The van der Waals surface area contributed by atoms with E-state index in [4.69, 9.17) is 5.14 Å². The number of thiophene rings is 1. The zero-order chi connectivity index (χ0) is 14.5. The van der Waals surface area contributed by atoms with Crippen LogP contribution in [0, 0.1) is 18.8 Å². The fraction of sp³-hybridized carbons (Fsp3) is 0.615. The predicted molar refractivity (Wildman–Crippen MR) is 77.1 cm³/mol. The Hall–Kier alpha value is -0.920. The van der Waals surface area contributed by atoms with Crippen molar-refractivity contribution in [2.45, 2.75) is 42.9 Å². The van der Waals surface area contributed by atoms with Crippen molar-refractivity contribution in [3.05, 3.63) is 16.5 Å². The number of nitrogens with one attached hydrogen (secondary N) is 1. The SMILES string of the molecule is Cc1c(C(=O)NC2CC3CCC2C3)csc1S(N)(=O)=O. The van der Waals surface area contributed by atoms with Gasteiger partial charge in [0.05, 0.1) is 5.56 Å². The first-order valence-electron chi connectivity index (χ1n) is 6.78. The second-order valence-corrected chi connectivity index (χ2v) is 8.50. The minimum Gasteiger partial charge on any atom is -0.349 e. The second-order valence-electron chi connectivity index (χ2n) is 5.86. The summed E-state index contributed by atoms with van der Waals surface area (Å²) in [6, 6.07) is 0.249. The summed E-state index contributed by atoms with van der Waals surface area (Å²) in [5.74, 6) is 1.18. The standard InChI is InChI=1S/C13H18N2O3S2/c1-7-10(6-19-13(7)20(14,17)18)12(16)15-11-5-8-2-3-9(11)4-8/h6,8-9,11H,2-5H2,1H3,(H,15,16)(H2,14,17,18). The number of sulfonamides is 1. The molecule has 1 aromatic rings. The molecule has 0 spiro atoms. The van der Waals surface area contributed by atoms with E-state index in [1.54, 1.807) is 12.3 Å². The summed E-state index contributed by atoms with van der Waals surface area (Å²) >= 11 is 1.01. The topological polar surface area (TPSA) is 89.3 Å². The number of hydrogen-bond donors (Lipinski definition) is 2. The zero-order valence-corrected chi connectivity index (χ0v) is 12.9. The number of amides is 1. The summed E-state index contributed by atoms with van der Waals surface area (Å²) < 4.78 is 22.9. The first-order valence-corrected chi connectivity index (χ1v) is 9.20. The molecule has 7 heteroatoms. The van der Waals surface area contributed by atoms with Crippen molar-refractivity contribution < 1.29 is 13.2 Å². The van der Waals surface area contributed by atoms with Crippen LogP contribution in [0.1, 0.15) is 41.6 Å². The highest BCUT2D eigenvalue weighted by Crippen LogP contribution is 2.44. The normalized spacial score (nSPS) is 28.8. The Balaban J connectivity index is 1.77.